The third kappa shape index (κ3) is 3.14. The molecule has 3 nitrogen and oxygen atoms in total. The molecule has 114 valence electrons. The minimum Gasteiger partial charge on any atom is -0.296 e. The van der Waals surface area contributed by atoms with Gasteiger partial charge in [-0.2, -0.15) is 5.26 Å². The Morgan fingerprint density at radius 3 is 1.73 bits per heavy atom. The maximum absolute atomic E-state index is 13.8. The molecule has 0 amide bonds. The number of benzene rings is 2. The molecule has 0 aliphatic heterocycles. The predicted octanol–water partition coefficient (Wildman–Crippen LogP) is 3.44. The van der Waals surface area contributed by atoms with Gasteiger partial charge >= 0.3 is 0 Å². The summed E-state index contributed by atoms with van der Waals surface area (Å²) in [7, 11) is -3.09. The Balaban J connectivity index is 2.58. The highest BCUT2D eigenvalue weighted by Gasteiger charge is 2.38. The largest absolute Gasteiger partial charge is 0.296 e. The average molecular weight is 312 g/mol. The van der Waals surface area contributed by atoms with Crippen molar-refractivity contribution in [3.63, 3.8) is 0 Å². The van der Waals surface area contributed by atoms with E-state index in [-0.39, 0.29) is 5.92 Å². The van der Waals surface area contributed by atoms with Crippen LogP contribution in [0.4, 0.5) is 0 Å². The molecule has 4 heteroatoms. The van der Waals surface area contributed by atoms with Gasteiger partial charge in [0.15, 0.2) is 0 Å². The van der Waals surface area contributed by atoms with E-state index in [0.29, 0.717) is 10.6 Å². The first-order valence-corrected chi connectivity index (χ1v) is 9.05. The van der Waals surface area contributed by atoms with Crippen LogP contribution in [-0.2, 0) is 4.57 Å². The highest BCUT2D eigenvalue weighted by Crippen LogP contribution is 2.42. The fourth-order valence-corrected chi connectivity index (χ4v) is 4.87. The van der Waals surface area contributed by atoms with Crippen LogP contribution in [0.5, 0.6) is 0 Å². The summed E-state index contributed by atoms with van der Waals surface area (Å²) in [5.41, 5.74) is -0.874. The van der Waals surface area contributed by atoms with Crippen molar-refractivity contribution in [2.24, 2.45) is 5.92 Å². The van der Waals surface area contributed by atoms with Crippen molar-refractivity contribution >= 4 is 17.9 Å². The standard InChI is InChI=1S/C18H21N2OP/c1-15(2)18(3,14-19)20-22(21,16-10-6-4-7-11-16)17-12-8-5-9-13-17/h4-13,15H,1-3H3,(H,20,21)/t18-/m0/s1. The van der Waals surface area contributed by atoms with E-state index in [1.165, 1.54) is 0 Å². The van der Waals surface area contributed by atoms with E-state index in [4.69, 9.17) is 0 Å². The average Bonchev–Trinajstić information content (AvgIpc) is 2.56. The molecule has 1 atom stereocenters. The maximum atomic E-state index is 13.8. The second-order valence-electron chi connectivity index (χ2n) is 5.86. The zero-order valence-corrected chi connectivity index (χ0v) is 14.0. The van der Waals surface area contributed by atoms with Gasteiger partial charge in [0.1, 0.15) is 5.54 Å². The van der Waals surface area contributed by atoms with Gasteiger partial charge in [0.2, 0.25) is 7.29 Å². The lowest BCUT2D eigenvalue weighted by molar-refractivity contribution is 0.392. The van der Waals surface area contributed by atoms with E-state index >= 15 is 0 Å². The summed E-state index contributed by atoms with van der Waals surface area (Å²) in [5.74, 6) is 0.0262. The van der Waals surface area contributed by atoms with Crippen LogP contribution < -0.4 is 15.7 Å². The molecule has 0 saturated heterocycles. The van der Waals surface area contributed by atoms with Gasteiger partial charge in [-0.1, -0.05) is 50.2 Å². The quantitative estimate of drug-likeness (QED) is 0.860. The summed E-state index contributed by atoms with van der Waals surface area (Å²) < 4.78 is 13.8. The molecule has 0 saturated carbocycles. The van der Waals surface area contributed by atoms with Crippen LogP contribution in [0.25, 0.3) is 0 Å². The van der Waals surface area contributed by atoms with Crippen LogP contribution in [0.1, 0.15) is 20.8 Å². The van der Waals surface area contributed by atoms with Crippen LogP contribution in [0.15, 0.2) is 60.7 Å². The molecule has 0 aliphatic rings. The van der Waals surface area contributed by atoms with Crippen molar-refractivity contribution in [1.82, 2.24) is 5.09 Å². The Morgan fingerprint density at radius 2 is 1.41 bits per heavy atom. The zero-order valence-electron chi connectivity index (χ0n) is 13.2. The van der Waals surface area contributed by atoms with Crippen LogP contribution in [0.2, 0.25) is 0 Å². The molecule has 0 bridgehead atoms. The number of hydrogen-bond donors (Lipinski definition) is 1. The monoisotopic (exact) mass is 312 g/mol. The molecule has 0 spiro atoms. The summed E-state index contributed by atoms with van der Waals surface area (Å²) in [5, 5.41) is 14.2. The van der Waals surface area contributed by atoms with E-state index in [9.17, 15) is 9.83 Å². The molecule has 2 rings (SSSR count). The molecule has 2 aromatic carbocycles. The van der Waals surface area contributed by atoms with Crippen LogP contribution >= 0.6 is 7.29 Å². The van der Waals surface area contributed by atoms with E-state index in [1.54, 1.807) is 6.92 Å². The van der Waals surface area contributed by atoms with Gasteiger partial charge in [-0.15, -0.1) is 0 Å². The second kappa shape index (κ2) is 6.48. The lowest BCUT2D eigenvalue weighted by Gasteiger charge is -2.33. The van der Waals surface area contributed by atoms with Gasteiger partial charge in [0.25, 0.3) is 0 Å². The number of nitriles is 1. The number of hydrogen-bond acceptors (Lipinski definition) is 2. The number of nitrogens with zero attached hydrogens (tertiary/aromatic N) is 1. The van der Waals surface area contributed by atoms with Crippen molar-refractivity contribution in [3.8, 4) is 6.07 Å². The Hall–Kier alpha value is -1.88. The van der Waals surface area contributed by atoms with Crippen molar-refractivity contribution in [2.75, 3.05) is 0 Å². The second-order valence-corrected chi connectivity index (χ2v) is 8.34. The Labute approximate surface area is 132 Å². The molecule has 0 aromatic heterocycles. The van der Waals surface area contributed by atoms with E-state index in [0.717, 1.165) is 0 Å². The SMILES string of the molecule is CC(C)[C@](C)(C#N)NP(=O)(c1ccccc1)c1ccccc1. The third-order valence-corrected chi connectivity index (χ3v) is 6.85. The van der Waals surface area contributed by atoms with Gasteiger partial charge in [-0.05, 0) is 37.1 Å². The van der Waals surface area contributed by atoms with Crippen molar-refractivity contribution in [2.45, 2.75) is 26.3 Å². The molecule has 0 fully saturated rings. The van der Waals surface area contributed by atoms with Crippen molar-refractivity contribution < 1.29 is 4.57 Å². The molecule has 0 aliphatic carbocycles. The first kappa shape index (κ1) is 16.5. The molecule has 0 radical (unpaired) electrons. The lowest BCUT2D eigenvalue weighted by atomic mass is 9.92. The van der Waals surface area contributed by atoms with E-state index in [2.05, 4.69) is 11.2 Å². The Bertz CT molecular complexity index is 663. The molecular formula is C18H21N2OP. The van der Waals surface area contributed by atoms with Crippen LogP contribution in [0, 0.1) is 17.2 Å². The first-order valence-electron chi connectivity index (χ1n) is 7.34. The van der Waals surface area contributed by atoms with Gasteiger partial charge in [0.05, 0.1) is 6.07 Å². The highest BCUT2D eigenvalue weighted by molar-refractivity contribution is 7.77. The molecule has 22 heavy (non-hydrogen) atoms. The smallest absolute Gasteiger partial charge is 0.205 e. The van der Waals surface area contributed by atoms with Crippen molar-refractivity contribution in [3.05, 3.63) is 60.7 Å². The molecule has 0 unspecified atom stereocenters. The predicted molar refractivity (Wildman–Crippen MR) is 91.8 cm³/mol. The minimum absolute atomic E-state index is 0.0262. The molecular weight excluding hydrogens is 291 g/mol. The van der Waals surface area contributed by atoms with Crippen molar-refractivity contribution in [1.29, 1.82) is 5.26 Å². The molecule has 2 aromatic rings. The van der Waals surface area contributed by atoms with Gasteiger partial charge in [-0.25, -0.2) is 5.09 Å². The lowest BCUT2D eigenvalue weighted by Crippen LogP contribution is -2.47. The fourth-order valence-electron chi connectivity index (χ4n) is 2.16. The highest BCUT2D eigenvalue weighted by atomic mass is 31.2. The van der Waals surface area contributed by atoms with Gasteiger partial charge in [0, 0.05) is 10.6 Å². The summed E-state index contributed by atoms with van der Waals surface area (Å²) >= 11 is 0. The summed E-state index contributed by atoms with van der Waals surface area (Å²) in [6.45, 7) is 5.71. The van der Waals surface area contributed by atoms with E-state index < -0.39 is 12.8 Å². The summed E-state index contributed by atoms with van der Waals surface area (Å²) in [4.78, 5) is 0. The Morgan fingerprint density at radius 1 is 1.00 bits per heavy atom. The van der Waals surface area contributed by atoms with Gasteiger partial charge < -0.3 is 0 Å². The fraction of sp³-hybridized carbons (Fsp3) is 0.278. The third-order valence-electron chi connectivity index (χ3n) is 4.02. The van der Waals surface area contributed by atoms with E-state index in [1.807, 2.05) is 74.5 Å². The molecule has 0 heterocycles. The van der Waals surface area contributed by atoms with Gasteiger partial charge in [-0.3, -0.25) is 4.57 Å². The van der Waals surface area contributed by atoms with Crippen LogP contribution in [-0.4, -0.2) is 5.54 Å². The minimum atomic E-state index is -3.09. The van der Waals surface area contributed by atoms with Crippen LogP contribution in [0.3, 0.4) is 0 Å². The summed E-state index contributed by atoms with van der Waals surface area (Å²) in [6.07, 6.45) is 0. The Kier molecular flexibility index (Phi) is 4.86. The normalized spacial score (nSPS) is 14.3. The topological polar surface area (TPSA) is 52.9 Å². The number of nitrogens with one attached hydrogen (secondary N) is 1. The molecule has 1 N–H and O–H groups in total. The summed E-state index contributed by atoms with van der Waals surface area (Å²) in [6, 6.07) is 20.9. The zero-order chi connectivity index (χ0) is 16.2. The number of rotatable bonds is 5. The first-order chi connectivity index (χ1) is 10.4. The maximum Gasteiger partial charge on any atom is 0.205 e.